The minimum atomic E-state index is -4.71. The highest BCUT2D eigenvalue weighted by Crippen LogP contribution is 2.30. The number of hydrogen-bond acceptors (Lipinski definition) is 4. The molecule has 1 atom stereocenters. The van der Waals surface area contributed by atoms with E-state index in [4.69, 9.17) is 0 Å². The first-order valence-electron chi connectivity index (χ1n) is 6.03. The van der Waals surface area contributed by atoms with Gasteiger partial charge in [0.2, 0.25) is 5.91 Å². The summed E-state index contributed by atoms with van der Waals surface area (Å²) in [4.78, 5) is 17.3. The summed E-state index contributed by atoms with van der Waals surface area (Å²) in [5.41, 5.74) is 0.513. The number of rotatable bonds is 2. The highest BCUT2D eigenvalue weighted by molar-refractivity contribution is 7.87. The lowest BCUT2D eigenvalue weighted by Crippen LogP contribution is -2.27. The molecule has 1 aliphatic rings. The van der Waals surface area contributed by atoms with E-state index in [1.807, 2.05) is 24.3 Å². The lowest BCUT2D eigenvalue weighted by molar-refractivity contribution is -0.117. The Hall–Kier alpha value is -2.02. The molecule has 0 bridgehead atoms. The molecule has 1 fully saturated rings. The highest BCUT2D eigenvalue weighted by Gasteiger charge is 2.39. The van der Waals surface area contributed by atoms with Crippen LogP contribution in [0.25, 0.3) is 10.8 Å². The second-order valence-electron chi connectivity index (χ2n) is 4.69. The predicted octanol–water partition coefficient (Wildman–Crippen LogP) is 1.64. The molecule has 0 N–H and O–H groups in total. The number of benzene rings is 1. The molecule has 1 aromatic carbocycles. The third-order valence-electron chi connectivity index (χ3n) is 3.43. The van der Waals surface area contributed by atoms with Crippen molar-refractivity contribution in [2.45, 2.75) is 11.7 Å². The van der Waals surface area contributed by atoms with E-state index in [0.29, 0.717) is 5.69 Å². The van der Waals surface area contributed by atoms with Crippen LogP contribution in [0.4, 0.5) is 9.57 Å². The van der Waals surface area contributed by atoms with E-state index in [9.17, 15) is 17.1 Å². The lowest BCUT2D eigenvalue weighted by Gasteiger charge is -2.17. The number of hydrogen-bond donors (Lipinski definition) is 0. The largest absolute Gasteiger partial charge is 0.309 e. The Kier molecular flexibility index (Phi) is 2.93. The number of carbonyl (C=O) groups excluding carboxylic acids is 1. The van der Waals surface area contributed by atoms with Crippen LogP contribution in [0.5, 0.6) is 0 Å². The monoisotopic (exact) mass is 294 g/mol. The maximum atomic E-state index is 13.0. The number of carbonyl (C=O) groups is 1. The van der Waals surface area contributed by atoms with Crippen LogP contribution in [0.2, 0.25) is 0 Å². The Morgan fingerprint density at radius 3 is 2.70 bits per heavy atom. The van der Waals surface area contributed by atoms with Gasteiger partial charge in [-0.3, -0.25) is 9.78 Å². The average Bonchev–Trinajstić information content (AvgIpc) is 2.80. The third-order valence-corrected chi connectivity index (χ3v) is 4.54. The SMILES string of the molecule is O=C1CC(S(=O)(=O)F)CN1c1cncc2ccccc12. The van der Waals surface area contributed by atoms with Crippen molar-refractivity contribution < 1.29 is 17.1 Å². The van der Waals surface area contributed by atoms with Gasteiger partial charge in [0, 0.05) is 29.9 Å². The summed E-state index contributed by atoms with van der Waals surface area (Å²) in [7, 11) is -4.71. The Labute approximate surface area is 115 Å². The fourth-order valence-electron chi connectivity index (χ4n) is 2.41. The molecule has 0 spiro atoms. The van der Waals surface area contributed by atoms with Crippen LogP contribution in [0, 0.1) is 0 Å². The zero-order chi connectivity index (χ0) is 14.3. The lowest BCUT2D eigenvalue weighted by atomic mass is 10.1. The van der Waals surface area contributed by atoms with E-state index < -0.39 is 21.4 Å². The van der Waals surface area contributed by atoms with E-state index in [1.54, 1.807) is 6.20 Å². The van der Waals surface area contributed by atoms with Gasteiger partial charge in [0.1, 0.15) is 5.25 Å². The fraction of sp³-hybridized carbons (Fsp3) is 0.231. The first-order chi connectivity index (χ1) is 9.47. The van der Waals surface area contributed by atoms with Crippen molar-refractivity contribution in [3.63, 3.8) is 0 Å². The number of pyridine rings is 1. The molecule has 1 aliphatic heterocycles. The Morgan fingerprint density at radius 1 is 1.25 bits per heavy atom. The summed E-state index contributed by atoms with van der Waals surface area (Å²) in [5.74, 6) is -0.408. The normalized spacial score (nSPS) is 19.8. The molecule has 2 heterocycles. The minimum absolute atomic E-state index is 0.173. The van der Waals surface area contributed by atoms with Crippen LogP contribution < -0.4 is 4.90 Å². The van der Waals surface area contributed by atoms with Gasteiger partial charge in [-0.25, -0.2) is 0 Å². The van der Waals surface area contributed by atoms with Crippen LogP contribution in [0.1, 0.15) is 6.42 Å². The second-order valence-corrected chi connectivity index (χ2v) is 6.30. The van der Waals surface area contributed by atoms with Crippen LogP contribution in [0.3, 0.4) is 0 Å². The molecule has 104 valence electrons. The summed E-state index contributed by atoms with van der Waals surface area (Å²) in [6, 6.07) is 7.32. The van der Waals surface area contributed by atoms with Crippen LogP contribution in [-0.4, -0.2) is 31.1 Å². The molecule has 7 heteroatoms. The van der Waals surface area contributed by atoms with Gasteiger partial charge in [-0.15, -0.1) is 3.89 Å². The molecule has 5 nitrogen and oxygen atoms in total. The molecule has 3 rings (SSSR count). The second kappa shape index (κ2) is 4.52. The first-order valence-corrected chi connectivity index (χ1v) is 7.48. The van der Waals surface area contributed by atoms with E-state index >= 15 is 0 Å². The van der Waals surface area contributed by atoms with Gasteiger partial charge >= 0.3 is 10.2 Å². The number of anilines is 1. The topological polar surface area (TPSA) is 67.3 Å². The van der Waals surface area contributed by atoms with Crippen molar-refractivity contribution in [3.8, 4) is 0 Å². The molecular weight excluding hydrogens is 283 g/mol. The van der Waals surface area contributed by atoms with Crippen molar-refractivity contribution in [1.82, 2.24) is 4.98 Å². The van der Waals surface area contributed by atoms with Crippen molar-refractivity contribution in [2.24, 2.45) is 0 Å². The molecule has 1 amide bonds. The summed E-state index contributed by atoms with van der Waals surface area (Å²) in [5, 5.41) is 0.325. The number of amides is 1. The first kappa shape index (κ1) is 13.0. The Bertz CT molecular complexity index is 786. The van der Waals surface area contributed by atoms with Gasteiger partial charge < -0.3 is 4.90 Å². The van der Waals surface area contributed by atoms with Gasteiger partial charge in [0.25, 0.3) is 0 Å². The number of halogens is 1. The van der Waals surface area contributed by atoms with Gasteiger partial charge in [-0.2, -0.15) is 8.42 Å². The minimum Gasteiger partial charge on any atom is -0.309 e. The molecule has 1 unspecified atom stereocenters. The number of fused-ring (bicyclic) bond motifs is 1. The third kappa shape index (κ3) is 2.14. The Morgan fingerprint density at radius 2 is 2.00 bits per heavy atom. The summed E-state index contributed by atoms with van der Waals surface area (Å²) >= 11 is 0. The van der Waals surface area contributed by atoms with Gasteiger partial charge in [-0.1, -0.05) is 24.3 Å². The molecule has 1 aromatic heterocycles. The molecule has 0 saturated carbocycles. The van der Waals surface area contributed by atoms with Gasteiger partial charge in [0.05, 0.1) is 11.9 Å². The van der Waals surface area contributed by atoms with E-state index in [0.717, 1.165) is 10.8 Å². The van der Waals surface area contributed by atoms with E-state index in [1.165, 1.54) is 11.1 Å². The van der Waals surface area contributed by atoms with Crippen LogP contribution >= 0.6 is 0 Å². The van der Waals surface area contributed by atoms with E-state index in [-0.39, 0.29) is 13.0 Å². The molecular formula is C13H11FN2O3S. The van der Waals surface area contributed by atoms with Crippen molar-refractivity contribution >= 4 is 32.6 Å². The predicted molar refractivity (Wildman–Crippen MR) is 72.5 cm³/mol. The standard InChI is InChI=1S/C13H11FN2O3S/c14-20(18,19)10-5-13(17)16(8-10)12-7-15-6-9-3-1-2-4-11(9)12/h1-4,6-7,10H,5,8H2. The summed E-state index contributed by atoms with van der Waals surface area (Å²) < 4.78 is 35.0. The smallest absolute Gasteiger partial charge is 0.307 e. The molecule has 1 saturated heterocycles. The van der Waals surface area contributed by atoms with Crippen molar-refractivity contribution in [1.29, 1.82) is 0 Å². The van der Waals surface area contributed by atoms with Gasteiger partial charge in [0.15, 0.2) is 0 Å². The highest BCUT2D eigenvalue weighted by atomic mass is 32.3. The number of nitrogens with zero attached hydrogens (tertiary/aromatic N) is 2. The van der Waals surface area contributed by atoms with Crippen molar-refractivity contribution in [2.75, 3.05) is 11.4 Å². The molecule has 2 aromatic rings. The fourth-order valence-corrected chi connectivity index (χ4v) is 3.08. The quantitative estimate of drug-likeness (QED) is 0.790. The van der Waals surface area contributed by atoms with Gasteiger partial charge in [-0.05, 0) is 0 Å². The maximum Gasteiger partial charge on any atom is 0.307 e. The molecule has 20 heavy (non-hydrogen) atoms. The summed E-state index contributed by atoms with van der Waals surface area (Å²) in [6.45, 7) is -0.173. The van der Waals surface area contributed by atoms with Crippen LogP contribution in [-0.2, 0) is 15.0 Å². The summed E-state index contributed by atoms with van der Waals surface area (Å²) in [6.07, 6.45) is 2.82. The number of aromatic nitrogens is 1. The maximum absolute atomic E-state index is 13.0. The van der Waals surface area contributed by atoms with Crippen LogP contribution in [0.15, 0.2) is 36.7 Å². The Balaban J connectivity index is 2.06. The van der Waals surface area contributed by atoms with Crippen molar-refractivity contribution in [3.05, 3.63) is 36.7 Å². The zero-order valence-corrected chi connectivity index (χ0v) is 11.2. The average molecular weight is 294 g/mol. The molecule has 0 radical (unpaired) electrons. The zero-order valence-electron chi connectivity index (χ0n) is 10.4. The molecule has 0 aliphatic carbocycles. The van der Waals surface area contributed by atoms with E-state index in [2.05, 4.69) is 4.98 Å².